The van der Waals surface area contributed by atoms with Gasteiger partial charge in [0.15, 0.2) is 5.60 Å². The molecule has 0 spiro atoms. The summed E-state index contributed by atoms with van der Waals surface area (Å²) in [7, 11) is 0. The second-order valence-electron chi connectivity index (χ2n) is 4.46. The Hall–Kier alpha value is -0.210. The van der Waals surface area contributed by atoms with Gasteiger partial charge < -0.3 is 0 Å². The van der Waals surface area contributed by atoms with Crippen molar-refractivity contribution < 1.29 is 14.6 Å². The maximum Gasteiger partial charge on any atom is 0.342 e. The largest absolute Gasteiger partial charge is 0.342 e. The molecule has 0 radical (unpaired) electrons. The first-order chi connectivity index (χ1) is 8.66. The third kappa shape index (κ3) is 3.21. The zero-order valence-electron chi connectivity index (χ0n) is 10.3. The number of hydrogen-bond acceptors (Lipinski definition) is 5. The van der Waals surface area contributed by atoms with E-state index in [4.69, 9.17) is 9.78 Å². The van der Waals surface area contributed by atoms with Crippen LogP contribution in [0.1, 0.15) is 50.5 Å². The number of aromatic nitrogens is 1. The minimum Gasteiger partial charge on any atom is -0.297 e. The van der Waals surface area contributed by atoms with E-state index in [0.717, 1.165) is 40.0 Å². The smallest absolute Gasteiger partial charge is 0.297 e. The summed E-state index contributed by atoms with van der Waals surface area (Å²) in [6.07, 6.45) is 6.91. The van der Waals surface area contributed by atoms with Gasteiger partial charge in [0, 0.05) is 6.42 Å². The van der Waals surface area contributed by atoms with Crippen LogP contribution < -0.4 is 0 Å². The summed E-state index contributed by atoms with van der Waals surface area (Å²) in [6.45, 7) is 1.94. The maximum atomic E-state index is 11.4. The first-order valence-electron chi connectivity index (χ1n) is 6.16. The highest BCUT2D eigenvalue weighted by atomic mass is 127. The van der Waals surface area contributed by atoms with Crippen molar-refractivity contribution in [3.63, 3.8) is 0 Å². The van der Waals surface area contributed by atoms with Crippen LogP contribution in [0.2, 0.25) is 0 Å². The topological polar surface area (TPSA) is 48.4 Å². The van der Waals surface area contributed by atoms with Gasteiger partial charge in [-0.05, 0) is 54.7 Å². The summed E-state index contributed by atoms with van der Waals surface area (Å²) in [5.41, 5.74) is -0.502. The van der Waals surface area contributed by atoms with Crippen LogP contribution in [-0.2, 0) is 20.2 Å². The molecule has 1 aliphatic rings. The minimum atomic E-state index is -0.502. The number of thiazole rings is 1. The van der Waals surface area contributed by atoms with Gasteiger partial charge in [0.05, 0.1) is 9.08 Å². The molecule has 1 aliphatic carbocycles. The Morgan fingerprint density at radius 3 is 2.83 bits per heavy atom. The number of carbonyl (C=O) groups excluding carboxylic acids is 1. The molecular formula is C12H16INO3S. The van der Waals surface area contributed by atoms with E-state index in [1.54, 1.807) is 11.3 Å². The predicted molar refractivity (Wildman–Crippen MR) is 77.1 cm³/mol. The van der Waals surface area contributed by atoms with Gasteiger partial charge in [-0.3, -0.25) is 4.89 Å². The van der Waals surface area contributed by atoms with Crippen LogP contribution in [0.5, 0.6) is 0 Å². The van der Waals surface area contributed by atoms with Gasteiger partial charge >= 0.3 is 5.97 Å². The van der Waals surface area contributed by atoms with Gasteiger partial charge in [-0.15, -0.1) is 11.3 Å². The molecule has 1 aromatic rings. The van der Waals surface area contributed by atoms with E-state index in [-0.39, 0.29) is 5.97 Å². The average Bonchev–Trinajstić information content (AvgIpc) is 2.96. The first-order valence-corrected chi connectivity index (χ1v) is 8.06. The van der Waals surface area contributed by atoms with E-state index in [9.17, 15) is 4.79 Å². The third-order valence-electron chi connectivity index (χ3n) is 3.03. The Morgan fingerprint density at radius 1 is 1.56 bits per heavy atom. The molecule has 0 bridgehead atoms. The maximum absolute atomic E-state index is 11.4. The zero-order chi connectivity index (χ0) is 13.0. The van der Waals surface area contributed by atoms with Crippen LogP contribution in [0.15, 0.2) is 6.20 Å². The quantitative estimate of drug-likeness (QED) is 0.442. The molecule has 0 saturated heterocycles. The molecule has 0 unspecified atom stereocenters. The lowest BCUT2D eigenvalue weighted by Gasteiger charge is -2.24. The van der Waals surface area contributed by atoms with Crippen molar-refractivity contribution >= 4 is 39.9 Å². The lowest BCUT2D eigenvalue weighted by Crippen LogP contribution is -2.27. The molecule has 6 heteroatoms. The Labute approximate surface area is 124 Å². The van der Waals surface area contributed by atoms with E-state index < -0.39 is 5.60 Å². The number of rotatable bonds is 5. The highest BCUT2D eigenvalue weighted by molar-refractivity contribution is 14.1. The molecule has 0 amide bonds. The second-order valence-corrected chi connectivity index (χ2v) is 7.38. The molecule has 0 N–H and O–H groups in total. The molecule has 0 aromatic carbocycles. The predicted octanol–water partition coefficient (Wildman–Crippen LogP) is 3.79. The number of carbonyl (C=O) groups is 1. The lowest BCUT2D eigenvalue weighted by atomic mass is 10.0. The Balaban J connectivity index is 2.05. The number of halogens is 1. The number of hydrogen-bond donors (Lipinski definition) is 0. The van der Waals surface area contributed by atoms with Crippen LogP contribution >= 0.6 is 33.9 Å². The summed E-state index contributed by atoms with van der Waals surface area (Å²) in [5, 5.41) is 0.925. The number of nitrogens with zero attached hydrogens (tertiary/aromatic N) is 1. The Kier molecular flexibility index (Phi) is 4.97. The third-order valence-corrected chi connectivity index (χ3v) is 4.94. The summed E-state index contributed by atoms with van der Waals surface area (Å²) in [5.74, 6) is -0.296. The minimum absolute atomic E-state index is 0.296. The fourth-order valence-corrected chi connectivity index (χ4v) is 3.70. The average molecular weight is 381 g/mol. The van der Waals surface area contributed by atoms with Crippen molar-refractivity contribution in [3.05, 3.63) is 14.1 Å². The van der Waals surface area contributed by atoms with Crippen molar-refractivity contribution in [1.29, 1.82) is 0 Å². The van der Waals surface area contributed by atoms with E-state index in [2.05, 4.69) is 27.6 Å². The van der Waals surface area contributed by atoms with Gasteiger partial charge in [-0.25, -0.2) is 9.78 Å². The summed E-state index contributed by atoms with van der Waals surface area (Å²) >= 11 is 3.85. The molecule has 0 aliphatic heterocycles. The van der Waals surface area contributed by atoms with Gasteiger partial charge in [-0.2, -0.15) is 4.89 Å². The molecule has 4 nitrogen and oxygen atoms in total. The van der Waals surface area contributed by atoms with Crippen molar-refractivity contribution in [2.24, 2.45) is 0 Å². The molecule has 1 fully saturated rings. The Morgan fingerprint density at radius 2 is 2.28 bits per heavy atom. The van der Waals surface area contributed by atoms with E-state index >= 15 is 0 Å². The van der Waals surface area contributed by atoms with Crippen LogP contribution in [0, 0.1) is 2.88 Å². The monoisotopic (exact) mass is 381 g/mol. The standard InChI is InChI=1S/C12H16INO3S/c1-2-5-10(15)16-17-12(6-3-4-7-12)11-14-8-9(13)18-11/h8H,2-7H2,1H3. The van der Waals surface area contributed by atoms with Crippen molar-refractivity contribution in [2.75, 3.05) is 0 Å². The molecule has 2 rings (SSSR count). The summed E-state index contributed by atoms with van der Waals surface area (Å²) < 4.78 is 1.12. The fraction of sp³-hybridized carbons (Fsp3) is 0.667. The van der Waals surface area contributed by atoms with Crippen molar-refractivity contribution in [3.8, 4) is 0 Å². The molecule has 100 valence electrons. The van der Waals surface area contributed by atoms with Crippen LogP contribution in [0.4, 0.5) is 0 Å². The molecule has 1 saturated carbocycles. The molecule has 1 heterocycles. The molecule has 18 heavy (non-hydrogen) atoms. The summed E-state index contributed by atoms with van der Waals surface area (Å²) in [6, 6.07) is 0. The normalized spacial score (nSPS) is 17.9. The molecule has 1 aromatic heterocycles. The van der Waals surface area contributed by atoms with Gasteiger partial charge in [0.2, 0.25) is 0 Å². The molecule has 0 atom stereocenters. The van der Waals surface area contributed by atoms with Crippen LogP contribution in [0.25, 0.3) is 0 Å². The van der Waals surface area contributed by atoms with Gasteiger partial charge in [0.25, 0.3) is 0 Å². The highest BCUT2D eigenvalue weighted by Crippen LogP contribution is 2.44. The Bertz CT molecular complexity index is 415. The summed E-state index contributed by atoms with van der Waals surface area (Å²) in [4.78, 5) is 26.3. The fourth-order valence-electron chi connectivity index (χ4n) is 2.12. The van der Waals surface area contributed by atoms with E-state index in [1.807, 2.05) is 13.1 Å². The molecular weight excluding hydrogens is 365 g/mol. The zero-order valence-corrected chi connectivity index (χ0v) is 13.3. The van der Waals surface area contributed by atoms with Crippen LogP contribution in [-0.4, -0.2) is 11.0 Å². The SMILES string of the molecule is CCCC(=O)OOC1(c2ncc(I)s2)CCCC1. The van der Waals surface area contributed by atoms with Gasteiger partial charge in [0.1, 0.15) is 5.01 Å². The van der Waals surface area contributed by atoms with Gasteiger partial charge in [-0.1, -0.05) is 6.92 Å². The lowest BCUT2D eigenvalue weighted by molar-refractivity contribution is -0.337. The van der Waals surface area contributed by atoms with Crippen molar-refractivity contribution in [1.82, 2.24) is 4.98 Å². The van der Waals surface area contributed by atoms with E-state index in [0.29, 0.717) is 6.42 Å². The highest BCUT2D eigenvalue weighted by Gasteiger charge is 2.42. The van der Waals surface area contributed by atoms with Crippen molar-refractivity contribution in [2.45, 2.75) is 51.0 Å². The van der Waals surface area contributed by atoms with Crippen LogP contribution in [0.3, 0.4) is 0 Å². The first kappa shape index (κ1) is 14.2. The second kappa shape index (κ2) is 6.29. The van der Waals surface area contributed by atoms with E-state index in [1.165, 1.54) is 0 Å².